The quantitative estimate of drug-likeness (QED) is 0.479. The van der Waals surface area contributed by atoms with Crippen LogP contribution in [0, 0.1) is 0 Å². The van der Waals surface area contributed by atoms with E-state index >= 15 is 0 Å². The van der Waals surface area contributed by atoms with E-state index in [0.717, 1.165) is 24.0 Å². The summed E-state index contributed by atoms with van der Waals surface area (Å²) in [6, 6.07) is 15.4. The summed E-state index contributed by atoms with van der Waals surface area (Å²) in [5, 5.41) is 9.12. The van der Waals surface area contributed by atoms with Crippen LogP contribution in [-0.2, 0) is 11.3 Å². The van der Waals surface area contributed by atoms with Gasteiger partial charge in [-0.15, -0.1) is 5.10 Å². The van der Waals surface area contributed by atoms with Gasteiger partial charge in [0.2, 0.25) is 5.91 Å². The maximum atomic E-state index is 12.9. The van der Waals surface area contributed by atoms with E-state index in [1.54, 1.807) is 31.4 Å². The molecule has 0 radical (unpaired) electrons. The van der Waals surface area contributed by atoms with Gasteiger partial charge in [-0.2, -0.15) is 5.10 Å². The van der Waals surface area contributed by atoms with Gasteiger partial charge in [-0.1, -0.05) is 55.4 Å². The molecule has 0 aromatic heterocycles. The topological polar surface area (TPSA) is 63.5 Å². The first-order valence-corrected chi connectivity index (χ1v) is 10.4. The van der Waals surface area contributed by atoms with Gasteiger partial charge in [-0.25, -0.2) is 0 Å². The van der Waals surface area contributed by atoms with Crippen molar-refractivity contribution in [2.75, 3.05) is 14.2 Å². The molecule has 3 rings (SSSR count). The minimum atomic E-state index is -0.104. The molecule has 1 aliphatic rings. The molecule has 2 aromatic rings. The number of carbonyl (C=O) groups is 1. The number of hydrogen-bond acceptors (Lipinski definition) is 6. The van der Waals surface area contributed by atoms with Gasteiger partial charge in [0, 0.05) is 11.6 Å². The minimum Gasteiger partial charge on any atom is -0.497 e. The second-order valence-electron chi connectivity index (χ2n) is 6.54. The van der Waals surface area contributed by atoms with E-state index < -0.39 is 0 Å². The van der Waals surface area contributed by atoms with E-state index in [4.69, 9.17) is 9.47 Å². The van der Waals surface area contributed by atoms with Crippen LogP contribution >= 0.6 is 11.8 Å². The molecule has 0 N–H and O–H groups in total. The standard InChI is InChI=1S/C22H25N3O3S/c1-4-8-20-21(26)25(15-16-9-6-5-7-10-16)22(29-20)24-23-14-17-11-12-18(27-2)13-19(17)28-3/h5-7,9-14,20H,4,8,15H2,1-3H3. The largest absolute Gasteiger partial charge is 0.497 e. The summed E-state index contributed by atoms with van der Waals surface area (Å²) < 4.78 is 10.6. The van der Waals surface area contributed by atoms with Crippen molar-refractivity contribution >= 4 is 29.1 Å². The lowest BCUT2D eigenvalue weighted by Gasteiger charge is -2.15. The van der Waals surface area contributed by atoms with Gasteiger partial charge in [0.15, 0.2) is 5.17 Å². The lowest BCUT2D eigenvalue weighted by molar-refractivity contribution is -0.126. The Kier molecular flexibility index (Phi) is 7.30. The van der Waals surface area contributed by atoms with Gasteiger partial charge >= 0.3 is 0 Å². The third-order valence-electron chi connectivity index (χ3n) is 4.54. The first-order chi connectivity index (χ1) is 14.2. The molecule has 1 heterocycles. The van der Waals surface area contributed by atoms with Crippen LogP contribution in [0.3, 0.4) is 0 Å². The highest BCUT2D eigenvalue weighted by molar-refractivity contribution is 8.15. The fourth-order valence-electron chi connectivity index (χ4n) is 3.01. The highest BCUT2D eigenvalue weighted by atomic mass is 32.2. The predicted octanol–water partition coefficient (Wildman–Crippen LogP) is 4.34. The summed E-state index contributed by atoms with van der Waals surface area (Å²) in [5.74, 6) is 1.45. The molecule has 6 nitrogen and oxygen atoms in total. The first-order valence-electron chi connectivity index (χ1n) is 9.51. The van der Waals surface area contributed by atoms with Crippen LogP contribution in [0.4, 0.5) is 0 Å². The Labute approximate surface area is 175 Å². The monoisotopic (exact) mass is 411 g/mol. The van der Waals surface area contributed by atoms with Gasteiger partial charge in [-0.3, -0.25) is 9.69 Å². The van der Waals surface area contributed by atoms with E-state index in [-0.39, 0.29) is 11.2 Å². The van der Waals surface area contributed by atoms with Crippen LogP contribution in [0.15, 0.2) is 58.7 Å². The van der Waals surface area contributed by atoms with Crippen molar-refractivity contribution in [2.45, 2.75) is 31.6 Å². The number of amidine groups is 1. The van der Waals surface area contributed by atoms with Crippen molar-refractivity contribution in [1.82, 2.24) is 4.90 Å². The lowest BCUT2D eigenvalue weighted by atomic mass is 10.2. The summed E-state index contributed by atoms with van der Waals surface area (Å²) in [6.45, 7) is 2.58. The number of nitrogens with zero attached hydrogens (tertiary/aromatic N) is 3. The van der Waals surface area contributed by atoms with Crippen molar-refractivity contribution in [2.24, 2.45) is 10.2 Å². The normalized spacial score (nSPS) is 18.0. The van der Waals surface area contributed by atoms with E-state index in [2.05, 4.69) is 17.1 Å². The molecule has 0 aliphatic carbocycles. The molecule has 1 fully saturated rings. The number of ether oxygens (including phenoxy) is 2. The molecular weight excluding hydrogens is 386 g/mol. The zero-order valence-electron chi connectivity index (χ0n) is 16.9. The van der Waals surface area contributed by atoms with Crippen molar-refractivity contribution < 1.29 is 14.3 Å². The summed E-state index contributed by atoms with van der Waals surface area (Å²) in [5.41, 5.74) is 1.85. The summed E-state index contributed by atoms with van der Waals surface area (Å²) in [7, 11) is 3.21. The predicted molar refractivity (Wildman–Crippen MR) is 118 cm³/mol. The molecule has 7 heteroatoms. The molecule has 152 valence electrons. The summed E-state index contributed by atoms with van der Waals surface area (Å²) in [4.78, 5) is 14.6. The Morgan fingerprint density at radius 3 is 2.62 bits per heavy atom. The first kappa shape index (κ1) is 20.9. The van der Waals surface area contributed by atoms with Gasteiger partial charge in [0.1, 0.15) is 11.5 Å². The minimum absolute atomic E-state index is 0.0941. The van der Waals surface area contributed by atoms with Crippen molar-refractivity contribution in [1.29, 1.82) is 0 Å². The van der Waals surface area contributed by atoms with Gasteiger partial charge in [0.25, 0.3) is 0 Å². The molecule has 1 amide bonds. The van der Waals surface area contributed by atoms with Crippen LogP contribution in [0.5, 0.6) is 11.5 Å². The van der Waals surface area contributed by atoms with E-state index in [1.807, 2.05) is 42.5 Å². The van der Waals surface area contributed by atoms with Gasteiger partial charge < -0.3 is 9.47 Å². The Hall–Kier alpha value is -2.80. The average molecular weight is 412 g/mol. The lowest BCUT2D eigenvalue weighted by Crippen LogP contribution is -2.31. The van der Waals surface area contributed by atoms with Crippen molar-refractivity contribution in [3.63, 3.8) is 0 Å². The van der Waals surface area contributed by atoms with Crippen LogP contribution in [-0.4, -0.2) is 41.7 Å². The number of benzene rings is 2. The van der Waals surface area contributed by atoms with Crippen LogP contribution < -0.4 is 9.47 Å². The van der Waals surface area contributed by atoms with Crippen LogP contribution in [0.2, 0.25) is 0 Å². The Morgan fingerprint density at radius 1 is 1.14 bits per heavy atom. The third-order valence-corrected chi connectivity index (χ3v) is 5.77. The molecular formula is C22H25N3O3S. The molecule has 2 aromatic carbocycles. The number of methoxy groups -OCH3 is 2. The zero-order chi connectivity index (χ0) is 20.6. The Morgan fingerprint density at radius 2 is 1.93 bits per heavy atom. The zero-order valence-corrected chi connectivity index (χ0v) is 17.7. The highest BCUT2D eigenvalue weighted by Gasteiger charge is 2.37. The number of hydrogen-bond donors (Lipinski definition) is 0. The fourth-order valence-corrected chi connectivity index (χ4v) is 4.22. The molecule has 0 saturated carbocycles. The number of carbonyl (C=O) groups excluding carboxylic acids is 1. The van der Waals surface area contributed by atoms with Crippen molar-refractivity contribution in [3.8, 4) is 11.5 Å². The summed E-state index contributed by atoms with van der Waals surface area (Å²) >= 11 is 1.48. The van der Waals surface area contributed by atoms with Crippen LogP contribution in [0.1, 0.15) is 30.9 Å². The smallest absolute Gasteiger partial charge is 0.242 e. The maximum Gasteiger partial charge on any atom is 0.242 e. The maximum absolute atomic E-state index is 12.9. The molecule has 0 bridgehead atoms. The number of thioether (sulfide) groups is 1. The molecule has 1 atom stereocenters. The summed E-state index contributed by atoms with van der Waals surface area (Å²) in [6.07, 6.45) is 3.40. The van der Waals surface area contributed by atoms with Gasteiger partial charge in [0.05, 0.1) is 32.2 Å². The van der Waals surface area contributed by atoms with Crippen molar-refractivity contribution in [3.05, 3.63) is 59.7 Å². The highest BCUT2D eigenvalue weighted by Crippen LogP contribution is 2.31. The van der Waals surface area contributed by atoms with E-state index in [1.165, 1.54) is 11.8 Å². The number of rotatable bonds is 8. The molecule has 29 heavy (non-hydrogen) atoms. The van der Waals surface area contributed by atoms with Crippen LogP contribution in [0.25, 0.3) is 0 Å². The van der Waals surface area contributed by atoms with Gasteiger partial charge in [-0.05, 0) is 24.1 Å². The SMILES string of the molecule is CCCC1SC(=NN=Cc2ccc(OC)cc2OC)N(Cc2ccccc2)C1=O. The molecule has 1 aliphatic heterocycles. The second kappa shape index (κ2) is 10.1. The van der Waals surface area contributed by atoms with E-state index in [9.17, 15) is 4.79 Å². The average Bonchev–Trinajstić information content (AvgIpc) is 3.04. The van der Waals surface area contributed by atoms with E-state index in [0.29, 0.717) is 23.2 Å². The molecule has 1 saturated heterocycles. The Balaban J connectivity index is 1.82. The molecule has 0 spiro atoms. The Bertz CT molecular complexity index is 899. The number of amides is 1. The fraction of sp³-hybridized carbons (Fsp3) is 0.318. The molecule has 1 unspecified atom stereocenters. The second-order valence-corrected chi connectivity index (χ2v) is 7.71. The third kappa shape index (κ3) is 5.17.